The summed E-state index contributed by atoms with van der Waals surface area (Å²) in [7, 11) is 0. The number of aliphatic carboxylic acids is 1. The Morgan fingerprint density at radius 1 is 1.21 bits per heavy atom. The number of piperidine rings is 1. The van der Waals surface area contributed by atoms with Crippen LogP contribution in [-0.2, 0) is 9.59 Å². The molecule has 0 aromatic heterocycles. The number of nitrogens with zero attached hydrogens (tertiary/aromatic N) is 2. The fraction of sp³-hybridized carbons (Fsp3) is 0.857. The lowest BCUT2D eigenvalue weighted by Crippen LogP contribution is -2.53. The molecule has 5 nitrogen and oxygen atoms in total. The van der Waals surface area contributed by atoms with E-state index in [1.807, 2.05) is 18.7 Å². The van der Waals surface area contributed by atoms with Gasteiger partial charge < -0.3 is 10.0 Å². The average Bonchev–Trinajstić information content (AvgIpc) is 2.90. The summed E-state index contributed by atoms with van der Waals surface area (Å²) in [6.45, 7) is 6.45. The average molecular weight is 268 g/mol. The van der Waals surface area contributed by atoms with Gasteiger partial charge in [-0.15, -0.1) is 0 Å². The number of likely N-dealkylation sites (tertiary alicyclic amines) is 2. The molecule has 3 atom stereocenters. The molecule has 0 aromatic rings. The van der Waals surface area contributed by atoms with E-state index in [0.717, 1.165) is 25.9 Å². The molecule has 0 saturated carbocycles. The first-order valence-electron chi connectivity index (χ1n) is 7.28. The molecule has 2 aliphatic rings. The highest BCUT2D eigenvalue weighted by Crippen LogP contribution is 2.25. The Kier molecular flexibility index (Phi) is 4.45. The Morgan fingerprint density at radius 3 is 2.37 bits per heavy atom. The maximum absolute atomic E-state index is 12.4. The van der Waals surface area contributed by atoms with Crippen LogP contribution in [0, 0.1) is 5.92 Å². The van der Waals surface area contributed by atoms with Gasteiger partial charge in [-0.2, -0.15) is 0 Å². The topological polar surface area (TPSA) is 60.9 Å². The summed E-state index contributed by atoms with van der Waals surface area (Å²) in [5.74, 6) is -0.747. The molecule has 0 aliphatic carbocycles. The van der Waals surface area contributed by atoms with E-state index in [9.17, 15) is 9.59 Å². The van der Waals surface area contributed by atoms with Crippen LogP contribution in [0.3, 0.4) is 0 Å². The lowest BCUT2D eigenvalue weighted by Gasteiger charge is -2.40. The van der Waals surface area contributed by atoms with Gasteiger partial charge in [0.25, 0.3) is 0 Å². The Bertz CT molecular complexity index is 353. The van der Waals surface area contributed by atoms with Gasteiger partial charge in [0.1, 0.15) is 0 Å². The third kappa shape index (κ3) is 3.08. The van der Waals surface area contributed by atoms with Gasteiger partial charge in [-0.3, -0.25) is 14.5 Å². The van der Waals surface area contributed by atoms with E-state index in [-0.39, 0.29) is 23.9 Å². The molecule has 2 fully saturated rings. The fourth-order valence-electron chi connectivity index (χ4n) is 3.33. The van der Waals surface area contributed by atoms with Crippen LogP contribution in [0.25, 0.3) is 0 Å². The second-order valence-electron chi connectivity index (χ2n) is 5.85. The third-order valence-corrected chi connectivity index (χ3v) is 4.55. The maximum atomic E-state index is 12.4. The molecule has 2 heterocycles. The van der Waals surface area contributed by atoms with E-state index in [0.29, 0.717) is 19.4 Å². The van der Waals surface area contributed by atoms with Crippen molar-refractivity contribution < 1.29 is 14.7 Å². The molecule has 2 saturated heterocycles. The first kappa shape index (κ1) is 14.3. The van der Waals surface area contributed by atoms with Gasteiger partial charge in [0.15, 0.2) is 0 Å². The number of carbonyl (C=O) groups is 2. The van der Waals surface area contributed by atoms with Crippen molar-refractivity contribution in [3.63, 3.8) is 0 Å². The van der Waals surface area contributed by atoms with Gasteiger partial charge in [-0.25, -0.2) is 0 Å². The minimum Gasteiger partial charge on any atom is -0.481 e. The highest BCUT2D eigenvalue weighted by molar-refractivity contribution is 5.81. The molecule has 5 heteroatoms. The smallest absolute Gasteiger partial charge is 0.306 e. The molecule has 3 unspecified atom stereocenters. The summed E-state index contributed by atoms with van der Waals surface area (Å²) < 4.78 is 0. The van der Waals surface area contributed by atoms with Crippen molar-refractivity contribution in [3.8, 4) is 0 Å². The Labute approximate surface area is 114 Å². The van der Waals surface area contributed by atoms with Crippen molar-refractivity contribution in [3.05, 3.63) is 0 Å². The summed E-state index contributed by atoms with van der Waals surface area (Å²) in [6, 6.07) is 0.0410. The minimum atomic E-state index is -0.704. The van der Waals surface area contributed by atoms with E-state index < -0.39 is 5.97 Å². The van der Waals surface area contributed by atoms with Gasteiger partial charge >= 0.3 is 5.97 Å². The quantitative estimate of drug-likeness (QED) is 0.835. The van der Waals surface area contributed by atoms with E-state index in [2.05, 4.69) is 4.90 Å². The molecule has 1 amide bonds. The summed E-state index contributed by atoms with van der Waals surface area (Å²) in [6.07, 6.45) is 3.51. The SMILES string of the molecule is CC1CC(C(=O)O)CCN1C(C)C(=O)N1CCCC1. The number of carboxylic acid groups (broad SMARTS) is 1. The van der Waals surface area contributed by atoms with Gasteiger partial charge in [0, 0.05) is 25.7 Å². The van der Waals surface area contributed by atoms with Crippen molar-refractivity contribution in [2.24, 2.45) is 5.92 Å². The zero-order valence-electron chi connectivity index (χ0n) is 11.8. The fourth-order valence-corrected chi connectivity index (χ4v) is 3.33. The molecule has 1 N–H and O–H groups in total. The van der Waals surface area contributed by atoms with Gasteiger partial charge in [0.05, 0.1) is 12.0 Å². The molecule has 108 valence electrons. The number of hydrogen-bond acceptors (Lipinski definition) is 3. The van der Waals surface area contributed by atoms with Crippen LogP contribution >= 0.6 is 0 Å². The molecular formula is C14H24N2O3. The molecule has 2 rings (SSSR count). The molecule has 0 radical (unpaired) electrons. The highest BCUT2D eigenvalue weighted by atomic mass is 16.4. The maximum Gasteiger partial charge on any atom is 0.306 e. The summed E-state index contributed by atoms with van der Waals surface area (Å²) >= 11 is 0. The van der Waals surface area contributed by atoms with Crippen molar-refractivity contribution in [1.82, 2.24) is 9.80 Å². The van der Waals surface area contributed by atoms with E-state index >= 15 is 0 Å². The number of hydrogen-bond donors (Lipinski definition) is 1. The number of carboxylic acids is 1. The molecule has 2 aliphatic heterocycles. The summed E-state index contributed by atoms with van der Waals surface area (Å²) in [5.41, 5.74) is 0. The predicted molar refractivity (Wildman–Crippen MR) is 71.8 cm³/mol. The van der Waals surface area contributed by atoms with Gasteiger partial charge in [-0.1, -0.05) is 0 Å². The summed E-state index contributed by atoms with van der Waals surface area (Å²) in [4.78, 5) is 27.5. The minimum absolute atomic E-state index is 0.122. The van der Waals surface area contributed by atoms with Crippen LogP contribution in [0.15, 0.2) is 0 Å². The van der Waals surface area contributed by atoms with Gasteiger partial charge in [0.2, 0.25) is 5.91 Å². The second-order valence-corrected chi connectivity index (χ2v) is 5.85. The first-order valence-corrected chi connectivity index (χ1v) is 7.28. The number of amides is 1. The standard InChI is InChI=1S/C14H24N2O3/c1-10-9-12(14(18)19)5-8-16(10)11(2)13(17)15-6-3-4-7-15/h10-12H,3-9H2,1-2H3,(H,18,19). The van der Waals surface area contributed by atoms with Crippen molar-refractivity contribution in [2.75, 3.05) is 19.6 Å². The Balaban J connectivity index is 1.94. The third-order valence-electron chi connectivity index (χ3n) is 4.55. The second kappa shape index (κ2) is 5.90. The lowest BCUT2D eigenvalue weighted by molar-refractivity contribution is -0.145. The molecular weight excluding hydrogens is 244 g/mol. The van der Waals surface area contributed by atoms with Crippen LogP contribution < -0.4 is 0 Å². The lowest BCUT2D eigenvalue weighted by atomic mass is 9.90. The molecule has 0 aromatic carbocycles. The zero-order valence-corrected chi connectivity index (χ0v) is 11.8. The highest BCUT2D eigenvalue weighted by Gasteiger charge is 2.35. The van der Waals surface area contributed by atoms with Gasteiger partial charge in [-0.05, 0) is 39.5 Å². The van der Waals surface area contributed by atoms with Crippen molar-refractivity contribution in [1.29, 1.82) is 0 Å². The van der Waals surface area contributed by atoms with Crippen LogP contribution in [0.5, 0.6) is 0 Å². The van der Waals surface area contributed by atoms with Crippen molar-refractivity contribution >= 4 is 11.9 Å². The van der Waals surface area contributed by atoms with E-state index in [4.69, 9.17) is 5.11 Å². The van der Waals surface area contributed by atoms with Crippen LogP contribution in [0.4, 0.5) is 0 Å². The first-order chi connectivity index (χ1) is 9.00. The number of rotatable bonds is 3. The number of carbonyl (C=O) groups excluding carboxylic acids is 1. The van der Waals surface area contributed by atoms with Crippen LogP contribution in [0.1, 0.15) is 39.5 Å². The normalized spacial score (nSPS) is 30.3. The van der Waals surface area contributed by atoms with Crippen molar-refractivity contribution in [2.45, 2.75) is 51.6 Å². The van der Waals surface area contributed by atoms with Crippen LogP contribution in [0.2, 0.25) is 0 Å². The molecule has 19 heavy (non-hydrogen) atoms. The van der Waals surface area contributed by atoms with E-state index in [1.54, 1.807) is 0 Å². The molecule has 0 bridgehead atoms. The predicted octanol–water partition coefficient (Wildman–Crippen LogP) is 1.18. The largest absolute Gasteiger partial charge is 0.481 e. The summed E-state index contributed by atoms with van der Waals surface area (Å²) in [5, 5.41) is 9.07. The Hall–Kier alpha value is -1.10. The Morgan fingerprint density at radius 2 is 1.84 bits per heavy atom. The monoisotopic (exact) mass is 268 g/mol. The van der Waals surface area contributed by atoms with Crippen LogP contribution in [-0.4, -0.2) is 58.5 Å². The van der Waals surface area contributed by atoms with E-state index in [1.165, 1.54) is 0 Å². The zero-order chi connectivity index (χ0) is 14.0. The molecule has 0 spiro atoms.